The zero-order chi connectivity index (χ0) is 13.4. The summed E-state index contributed by atoms with van der Waals surface area (Å²) in [5.74, 6) is 2.65. The van der Waals surface area contributed by atoms with Gasteiger partial charge in [-0.25, -0.2) is 4.99 Å². The van der Waals surface area contributed by atoms with Crippen LogP contribution in [0.5, 0.6) is 5.75 Å². The number of benzene rings is 1. The highest BCUT2D eigenvalue weighted by molar-refractivity contribution is 6.02. The second-order valence-electron chi connectivity index (χ2n) is 4.43. The van der Waals surface area contributed by atoms with Gasteiger partial charge in [0.05, 0.1) is 5.69 Å². The van der Waals surface area contributed by atoms with Crippen molar-refractivity contribution >= 4 is 23.0 Å². The molecule has 0 fully saturated rings. The van der Waals surface area contributed by atoms with Gasteiger partial charge in [0.1, 0.15) is 17.3 Å². The van der Waals surface area contributed by atoms with E-state index in [0.29, 0.717) is 17.3 Å². The van der Waals surface area contributed by atoms with Gasteiger partial charge in [0.25, 0.3) is 0 Å². The van der Waals surface area contributed by atoms with Crippen LogP contribution in [0.3, 0.4) is 0 Å². The first-order valence-electron chi connectivity index (χ1n) is 5.97. The number of hydrogen-bond acceptors (Lipinski definition) is 5. The highest BCUT2D eigenvalue weighted by Gasteiger charge is 2.22. The largest absolute Gasteiger partial charge is 0.481 e. The van der Waals surface area contributed by atoms with Gasteiger partial charge >= 0.3 is 0 Å². The molecular formula is C13H14N4O2. The average molecular weight is 258 g/mol. The third-order valence-corrected chi connectivity index (χ3v) is 2.81. The summed E-state index contributed by atoms with van der Waals surface area (Å²) in [4.78, 5) is 4.39. The molecule has 0 spiro atoms. The van der Waals surface area contributed by atoms with Crippen LogP contribution in [0.25, 0.3) is 0 Å². The number of nitrogen functional groups attached to an aromatic ring is 1. The molecular weight excluding hydrogens is 244 g/mol. The van der Waals surface area contributed by atoms with Gasteiger partial charge in [0, 0.05) is 17.8 Å². The topological polar surface area (TPSA) is 85.7 Å². The summed E-state index contributed by atoms with van der Waals surface area (Å²) in [6.45, 7) is 3.73. The van der Waals surface area contributed by atoms with Gasteiger partial charge in [-0.05, 0) is 26.0 Å². The summed E-state index contributed by atoms with van der Waals surface area (Å²) in [5, 5.41) is 7.06. The molecule has 0 saturated heterocycles. The lowest BCUT2D eigenvalue weighted by Crippen LogP contribution is -2.34. The second kappa shape index (κ2) is 4.31. The fraction of sp³-hybridized carbons (Fsp3) is 0.231. The van der Waals surface area contributed by atoms with Crippen molar-refractivity contribution in [3.05, 3.63) is 30.0 Å². The van der Waals surface area contributed by atoms with E-state index in [9.17, 15) is 0 Å². The van der Waals surface area contributed by atoms with Crippen LogP contribution in [0.15, 0.2) is 33.8 Å². The normalized spacial score (nSPS) is 19.7. The van der Waals surface area contributed by atoms with E-state index in [1.807, 2.05) is 26.0 Å². The van der Waals surface area contributed by atoms with Gasteiger partial charge in [-0.15, -0.1) is 0 Å². The predicted molar refractivity (Wildman–Crippen MR) is 72.9 cm³/mol. The number of aryl methyl sites for hydroxylation is 1. The van der Waals surface area contributed by atoms with Gasteiger partial charge in [0.15, 0.2) is 11.9 Å². The Morgan fingerprint density at radius 2 is 2.21 bits per heavy atom. The summed E-state index contributed by atoms with van der Waals surface area (Å²) in [7, 11) is 0. The summed E-state index contributed by atoms with van der Waals surface area (Å²) in [6, 6.07) is 7.22. The number of aromatic nitrogens is 1. The Morgan fingerprint density at radius 3 is 2.95 bits per heavy atom. The first kappa shape index (κ1) is 11.6. The molecule has 2 heterocycles. The molecule has 1 unspecified atom stereocenters. The molecule has 6 heteroatoms. The zero-order valence-electron chi connectivity index (χ0n) is 10.7. The lowest BCUT2D eigenvalue weighted by molar-refractivity contribution is 0.283. The lowest BCUT2D eigenvalue weighted by atomic mass is 10.2. The van der Waals surface area contributed by atoms with Crippen LogP contribution in [0, 0.1) is 6.92 Å². The number of anilines is 2. The van der Waals surface area contributed by atoms with Gasteiger partial charge in [-0.1, -0.05) is 5.16 Å². The highest BCUT2D eigenvalue weighted by Crippen LogP contribution is 2.32. The van der Waals surface area contributed by atoms with Crippen LogP contribution in [0.2, 0.25) is 0 Å². The number of ether oxygens (including phenoxy) is 1. The maximum absolute atomic E-state index is 5.77. The molecule has 3 N–H and O–H groups in total. The van der Waals surface area contributed by atoms with Gasteiger partial charge < -0.3 is 20.3 Å². The number of aliphatic imine (C=N–C) groups is 1. The monoisotopic (exact) mass is 258 g/mol. The number of nitrogens with zero attached hydrogens (tertiary/aromatic N) is 2. The minimum Gasteiger partial charge on any atom is -0.481 e. The molecule has 1 aromatic carbocycles. The van der Waals surface area contributed by atoms with Crippen molar-refractivity contribution in [2.24, 2.45) is 4.99 Å². The van der Waals surface area contributed by atoms with E-state index in [0.717, 1.165) is 17.2 Å². The van der Waals surface area contributed by atoms with Crippen LogP contribution in [0.1, 0.15) is 12.7 Å². The fourth-order valence-corrected chi connectivity index (χ4v) is 1.87. The van der Waals surface area contributed by atoms with Crippen LogP contribution in [0.4, 0.5) is 17.2 Å². The molecule has 0 amide bonds. The summed E-state index contributed by atoms with van der Waals surface area (Å²) < 4.78 is 10.8. The molecule has 2 aromatic rings. The fourth-order valence-electron chi connectivity index (χ4n) is 1.87. The predicted octanol–water partition coefficient (Wildman–Crippen LogP) is 2.49. The molecule has 1 aliphatic rings. The van der Waals surface area contributed by atoms with Gasteiger partial charge in [-0.2, -0.15) is 0 Å². The first-order chi connectivity index (χ1) is 9.11. The highest BCUT2D eigenvalue weighted by atomic mass is 16.5. The van der Waals surface area contributed by atoms with E-state index in [1.54, 1.807) is 12.1 Å². The number of fused-ring (bicyclic) bond motifs is 1. The lowest BCUT2D eigenvalue weighted by Gasteiger charge is -2.26. The molecule has 0 radical (unpaired) electrons. The Labute approximate surface area is 110 Å². The summed E-state index contributed by atoms with van der Waals surface area (Å²) in [5.41, 5.74) is 7.23. The van der Waals surface area contributed by atoms with E-state index in [1.165, 1.54) is 0 Å². The third-order valence-electron chi connectivity index (χ3n) is 2.81. The van der Waals surface area contributed by atoms with E-state index in [2.05, 4.69) is 15.5 Å². The molecule has 1 aliphatic heterocycles. The minimum absolute atomic E-state index is 0.202. The van der Waals surface area contributed by atoms with Crippen LogP contribution >= 0.6 is 0 Å². The van der Waals surface area contributed by atoms with E-state index >= 15 is 0 Å². The number of rotatable bonds is 1. The Balaban J connectivity index is 1.93. The zero-order valence-corrected chi connectivity index (χ0v) is 10.7. The van der Waals surface area contributed by atoms with Crippen molar-refractivity contribution in [1.82, 2.24) is 5.16 Å². The number of hydrogen-bond donors (Lipinski definition) is 2. The van der Waals surface area contributed by atoms with Crippen LogP contribution < -0.4 is 15.8 Å². The number of nitrogens with two attached hydrogens (primary N) is 1. The molecule has 6 nitrogen and oxygen atoms in total. The van der Waals surface area contributed by atoms with Crippen molar-refractivity contribution in [3.8, 4) is 5.75 Å². The number of amidine groups is 1. The molecule has 1 atom stereocenters. The standard InChI is InChI=1S/C13H14N4O2/c1-7-5-12(17-19-7)16-13-8(2)18-11-6-9(14)3-4-10(11)15-13/h3-6,8H,14H2,1-2H3,(H,15,16,17). The van der Waals surface area contributed by atoms with E-state index < -0.39 is 0 Å². The Morgan fingerprint density at radius 1 is 1.37 bits per heavy atom. The third kappa shape index (κ3) is 2.24. The molecule has 1 aromatic heterocycles. The van der Waals surface area contributed by atoms with Crippen molar-refractivity contribution in [1.29, 1.82) is 0 Å². The van der Waals surface area contributed by atoms with Crippen molar-refractivity contribution < 1.29 is 9.26 Å². The maximum Gasteiger partial charge on any atom is 0.197 e. The Kier molecular flexibility index (Phi) is 2.63. The second-order valence-corrected chi connectivity index (χ2v) is 4.43. The quantitative estimate of drug-likeness (QED) is 0.767. The molecule has 3 rings (SSSR count). The Bertz CT molecular complexity index is 648. The minimum atomic E-state index is -0.202. The van der Waals surface area contributed by atoms with Gasteiger partial charge in [0.2, 0.25) is 0 Å². The van der Waals surface area contributed by atoms with Crippen LogP contribution in [-0.4, -0.2) is 17.1 Å². The summed E-state index contributed by atoms with van der Waals surface area (Å²) in [6.07, 6.45) is -0.202. The molecule has 0 bridgehead atoms. The van der Waals surface area contributed by atoms with Crippen LogP contribution in [-0.2, 0) is 0 Å². The molecule has 0 aliphatic carbocycles. The smallest absolute Gasteiger partial charge is 0.197 e. The maximum atomic E-state index is 5.77. The van der Waals surface area contributed by atoms with Crippen molar-refractivity contribution in [2.75, 3.05) is 11.1 Å². The van der Waals surface area contributed by atoms with E-state index in [4.69, 9.17) is 15.0 Å². The molecule has 0 saturated carbocycles. The van der Waals surface area contributed by atoms with Gasteiger partial charge in [-0.3, -0.25) is 0 Å². The number of nitrogens with one attached hydrogen (secondary N) is 1. The Hall–Kier alpha value is -2.50. The molecule has 98 valence electrons. The SMILES string of the molecule is Cc1cc(N=C2Nc3ccc(N)cc3OC2C)no1. The van der Waals surface area contributed by atoms with Crippen molar-refractivity contribution in [3.63, 3.8) is 0 Å². The first-order valence-corrected chi connectivity index (χ1v) is 5.97. The van der Waals surface area contributed by atoms with E-state index in [-0.39, 0.29) is 6.10 Å². The molecule has 19 heavy (non-hydrogen) atoms. The average Bonchev–Trinajstić information content (AvgIpc) is 2.76. The summed E-state index contributed by atoms with van der Waals surface area (Å²) >= 11 is 0. The van der Waals surface area contributed by atoms with Crippen molar-refractivity contribution in [2.45, 2.75) is 20.0 Å².